The molecule has 0 amide bonds. The zero-order chi connectivity index (χ0) is 7.86. The Labute approximate surface area is 58.1 Å². The first-order valence-corrected chi connectivity index (χ1v) is 3.49. The zero-order valence-electron chi connectivity index (χ0n) is 6.89. The van der Waals surface area contributed by atoms with Crippen molar-refractivity contribution in [3.8, 4) is 0 Å². The van der Waals surface area contributed by atoms with Crippen molar-refractivity contribution in [3.05, 3.63) is 0 Å². The molecule has 2 nitrogen and oxygen atoms in total. The second kappa shape index (κ2) is 7.92. The second-order valence-electron chi connectivity index (χ2n) is 2.31. The zero-order valence-corrected chi connectivity index (χ0v) is 6.89. The molecule has 0 rings (SSSR count). The normalized spacial score (nSPS) is 15.3. The molecule has 0 aromatic carbocycles. The van der Waals surface area contributed by atoms with Crippen LogP contribution in [-0.2, 0) is 0 Å². The third-order valence-corrected chi connectivity index (χ3v) is 0.761. The number of aliphatic hydroxyl groups excluding tert-OH is 1. The summed E-state index contributed by atoms with van der Waals surface area (Å²) in [5.74, 6) is 0. The quantitative estimate of drug-likeness (QED) is 0.563. The van der Waals surface area contributed by atoms with Gasteiger partial charge < -0.3 is 10.8 Å². The van der Waals surface area contributed by atoms with Crippen LogP contribution in [0, 0.1) is 0 Å². The van der Waals surface area contributed by atoms with Crippen molar-refractivity contribution in [1.82, 2.24) is 0 Å². The minimum Gasteiger partial charge on any atom is -0.392 e. The smallest absolute Gasteiger partial charge is 0.0660 e. The number of nitrogens with two attached hydrogens (primary N) is 1. The molecule has 0 spiro atoms. The molecule has 2 atom stereocenters. The van der Waals surface area contributed by atoms with Gasteiger partial charge in [-0.25, -0.2) is 0 Å². The molecule has 0 aliphatic heterocycles. The standard InChI is InChI=1S/C4H11NO.C3H8/c1-3(5)4(2)6;1-3-2/h3-4,6H,5H2,1-2H3;3H2,1-2H3. The Balaban J connectivity index is 0. The van der Waals surface area contributed by atoms with Crippen LogP contribution in [0.2, 0.25) is 0 Å². The summed E-state index contributed by atoms with van der Waals surface area (Å²) < 4.78 is 0. The first kappa shape index (κ1) is 11.7. The molecule has 0 heterocycles. The van der Waals surface area contributed by atoms with E-state index in [9.17, 15) is 0 Å². The number of hydrogen-bond donors (Lipinski definition) is 2. The van der Waals surface area contributed by atoms with Gasteiger partial charge in [0.1, 0.15) is 0 Å². The molecule has 0 aliphatic carbocycles. The first-order chi connectivity index (χ1) is 4.06. The summed E-state index contributed by atoms with van der Waals surface area (Å²) in [4.78, 5) is 0. The van der Waals surface area contributed by atoms with Crippen LogP contribution in [0.5, 0.6) is 0 Å². The van der Waals surface area contributed by atoms with E-state index in [1.54, 1.807) is 13.8 Å². The van der Waals surface area contributed by atoms with Crippen molar-refractivity contribution >= 4 is 0 Å². The summed E-state index contributed by atoms with van der Waals surface area (Å²) in [7, 11) is 0. The molecule has 3 N–H and O–H groups in total. The van der Waals surface area contributed by atoms with Crippen LogP contribution < -0.4 is 5.73 Å². The fraction of sp³-hybridized carbons (Fsp3) is 1.00. The topological polar surface area (TPSA) is 46.2 Å². The highest BCUT2D eigenvalue weighted by molar-refractivity contribution is 4.57. The van der Waals surface area contributed by atoms with E-state index in [0.717, 1.165) is 0 Å². The third kappa shape index (κ3) is 18.1. The van der Waals surface area contributed by atoms with Gasteiger partial charge in [0.05, 0.1) is 6.10 Å². The van der Waals surface area contributed by atoms with Gasteiger partial charge in [-0.2, -0.15) is 0 Å². The Hall–Kier alpha value is -0.0800. The molecule has 2 unspecified atom stereocenters. The first-order valence-electron chi connectivity index (χ1n) is 3.49. The maximum Gasteiger partial charge on any atom is 0.0660 e. The average Bonchev–Trinajstić information content (AvgIpc) is 1.68. The van der Waals surface area contributed by atoms with E-state index in [1.165, 1.54) is 6.42 Å². The van der Waals surface area contributed by atoms with Crippen LogP contribution in [0.15, 0.2) is 0 Å². The lowest BCUT2D eigenvalue weighted by Gasteiger charge is -2.04. The fourth-order valence-corrected chi connectivity index (χ4v) is 0. The van der Waals surface area contributed by atoms with Gasteiger partial charge in [0, 0.05) is 6.04 Å². The molecule has 0 aromatic heterocycles. The summed E-state index contributed by atoms with van der Waals surface area (Å²) >= 11 is 0. The minimum atomic E-state index is -0.370. The van der Waals surface area contributed by atoms with Crippen LogP contribution in [0.4, 0.5) is 0 Å². The molecule has 0 aliphatic rings. The lowest BCUT2D eigenvalue weighted by molar-refractivity contribution is 0.170. The molecular formula is C7H19NO. The fourth-order valence-electron chi connectivity index (χ4n) is 0. The predicted octanol–water partition coefficient (Wildman–Crippen LogP) is 1.13. The van der Waals surface area contributed by atoms with Gasteiger partial charge in [0.2, 0.25) is 0 Å². The molecular weight excluding hydrogens is 114 g/mol. The highest BCUT2D eigenvalue weighted by Crippen LogP contribution is 1.81. The van der Waals surface area contributed by atoms with Crippen LogP contribution >= 0.6 is 0 Å². The van der Waals surface area contributed by atoms with E-state index in [4.69, 9.17) is 10.8 Å². The molecule has 0 fully saturated rings. The van der Waals surface area contributed by atoms with Gasteiger partial charge in [0.25, 0.3) is 0 Å². The predicted molar refractivity (Wildman–Crippen MR) is 41.3 cm³/mol. The monoisotopic (exact) mass is 133 g/mol. The minimum absolute atomic E-state index is 0.0926. The molecule has 0 saturated carbocycles. The van der Waals surface area contributed by atoms with Gasteiger partial charge in [-0.3, -0.25) is 0 Å². The number of aliphatic hydroxyl groups is 1. The van der Waals surface area contributed by atoms with E-state index in [1.807, 2.05) is 0 Å². The molecule has 0 saturated heterocycles. The SMILES string of the molecule is CC(N)C(C)O.CCC. The Kier molecular flexibility index (Phi) is 10.3. The molecule has 2 heteroatoms. The average molecular weight is 133 g/mol. The Bertz CT molecular complexity index is 38.2. The largest absolute Gasteiger partial charge is 0.392 e. The second-order valence-corrected chi connectivity index (χ2v) is 2.31. The van der Waals surface area contributed by atoms with Crippen molar-refractivity contribution < 1.29 is 5.11 Å². The maximum atomic E-state index is 8.50. The molecule has 0 radical (unpaired) electrons. The maximum absolute atomic E-state index is 8.50. The van der Waals surface area contributed by atoms with Crippen molar-refractivity contribution in [3.63, 3.8) is 0 Å². The highest BCUT2D eigenvalue weighted by atomic mass is 16.3. The van der Waals surface area contributed by atoms with Crippen LogP contribution in [0.25, 0.3) is 0 Å². The van der Waals surface area contributed by atoms with Crippen molar-refractivity contribution in [2.45, 2.75) is 46.3 Å². The lowest BCUT2D eigenvalue weighted by atomic mass is 10.2. The Morgan fingerprint density at radius 2 is 1.44 bits per heavy atom. The summed E-state index contributed by atoms with van der Waals surface area (Å²) in [6.07, 6.45) is 0.880. The van der Waals surface area contributed by atoms with Crippen molar-refractivity contribution in [2.24, 2.45) is 5.73 Å². The van der Waals surface area contributed by atoms with E-state index < -0.39 is 0 Å². The number of hydrogen-bond acceptors (Lipinski definition) is 2. The summed E-state index contributed by atoms with van der Waals surface area (Å²) in [5.41, 5.74) is 5.19. The molecule has 58 valence electrons. The van der Waals surface area contributed by atoms with Crippen LogP contribution in [0.3, 0.4) is 0 Å². The molecule has 0 bridgehead atoms. The number of rotatable bonds is 1. The molecule has 0 aromatic rings. The van der Waals surface area contributed by atoms with Gasteiger partial charge in [-0.1, -0.05) is 20.3 Å². The van der Waals surface area contributed by atoms with Gasteiger partial charge in [0.15, 0.2) is 0 Å². The van der Waals surface area contributed by atoms with E-state index in [2.05, 4.69) is 13.8 Å². The van der Waals surface area contributed by atoms with Crippen molar-refractivity contribution in [1.29, 1.82) is 0 Å². The lowest BCUT2D eigenvalue weighted by Crippen LogP contribution is -2.28. The van der Waals surface area contributed by atoms with Gasteiger partial charge in [-0.05, 0) is 13.8 Å². The van der Waals surface area contributed by atoms with Crippen LogP contribution in [0.1, 0.15) is 34.1 Å². The van der Waals surface area contributed by atoms with Gasteiger partial charge >= 0.3 is 0 Å². The van der Waals surface area contributed by atoms with E-state index in [0.29, 0.717) is 0 Å². The Morgan fingerprint density at radius 3 is 1.44 bits per heavy atom. The van der Waals surface area contributed by atoms with E-state index >= 15 is 0 Å². The van der Waals surface area contributed by atoms with E-state index in [-0.39, 0.29) is 12.1 Å². The van der Waals surface area contributed by atoms with Gasteiger partial charge in [-0.15, -0.1) is 0 Å². The van der Waals surface area contributed by atoms with Crippen molar-refractivity contribution in [2.75, 3.05) is 0 Å². The third-order valence-electron chi connectivity index (χ3n) is 0.761. The summed E-state index contributed by atoms with van der Waals surface area (Å²) in [6.45, 7) is 7.69. The van der Waals surface area contributed by atoms with Crippen LogP contribution in [-0.4, -0.2) is 17.3 Å². The summed E-state index contributed by atoms with van der Waals surface area (Å²) in [6, 6.07) is -0.0926. The molecule has 9 heavy (non-hydrogen) atoms. The highest BCUT2D eigenvalue weighted by Gasteiger charge is 1.97. The summed E-state index contributed by atoms with van der Waals surface area (Å²) in [5, 5.41) is 8.50. The Morgan fingerprint density at radius 1 is 1.33 bits per heavy atom.